The number of likely N-dealkylation sites (N-methyl/N-ethyl adjacent to an activating group) is 1. The molecule has 1 aromatic heterocycles. The van der Waals surface area contributed by atoms with Crippen molar-refractivity contribution < 1.29 is 33.4 Å². The van der Waals surface area contributed by atoms with E-state index in [1.807, 2.05) is 54.6 Å². The van der Waals surface area contributed by atoms with Crippen molar-refractivity contribution in [2.75, 3.05) is 39.9 Å². The van der Waals surface area contributed by atoms with Crippen molar-refractivity contribution in [3.8, 4) is 40.1 Å². The summed E-state index contributed by atoms with van der Waals surface area (Å²) in [6.45, 7) is 13.3. The number of rotatable bonds is 21. The summed E-state index contributed by atoms with van der Waals surface area (Å²) in [5, 5.41) is 12.2. The highest BCUT2D eigenvalue weighted by molar-refractivity contribution is 6.01. The van der Waals surface area contributed by atoms with Crippen LogP contribution in [0.15, 0.2) is 60.7 Å². The van der Waals surface area contributed by atoms with Gasteiger partial charge in [-0.05, 0) is 118 Å². The summed E-state index contributed by atoms with van der Waals surface area (Å²) >= 11 is 0. The van der Waals surface area contributed by atoms with E-state index in [-0.39, 0.29) is 62.1 Å². The van der Waals surface area contributed by atoms with Crippen molar-refractivity contribution >= 4 is 29.2 Å². The molecule has 0 unspecified atom stereocenters. The lowest BCUT2D eigenvalue weighted by atomic mass is 9.86. The topological polar surface area (TPSA) is 247 Å². The average Bonchev–Trinajstić information content (AvgIpc) is 3.32. The quantitative estimate of drug-likeness (QED) is 0.0477. The minimum Gasteiger partial charge on any atom is -0.493 e. The second kappa shape index (κ2) is 25.5. The maximum absolute atomic E-state index is 14.9. The van der Waals surface area contributed by atoms with Gasteiger partial charge in [0.15, 0.2) is 23.2 Å². The zero-order chi connectivity index (χ0) is 51.1. The summed E-state index contributed by atoms with van der Waals surface area (Å²) < 4.78 is 12.8. The van der Waals surface area contributed by atoms with Crippen LogP contribution < -0.4 is 32.0 Å². The van der Waals surface area contributed by atoms with E-state index >= 15 is 0 Å². The molecule has 5 rings (SSSR count). The number of carbonyl (C=O) groups is 5. The average molecular weight is 957 g/mol. The number of aromatic nitrogens is 2. The summed E-state index contributed by atoms with van der Waals surface area (Å²) in [4.78, 5) is 82.5. The predicted molar refractivity (Wildman–Crippen MR) is 271 cm³/mol. The van der Waals surface area contributed by atoms with E-state index in [4.69, 9.17) is 36.6 Å². The fourth-order valence-electron chi connectivity index (χ4n) is 8.85. The van der Waals surface area contributed by atoms with Crippen molar-refractivity contribution in [2.45, 2.75) is 123 Å². The molecular weight excluding hydrogens is 885 g/mol. The smallest absolute Gasteiger partial charge is 0.226 e. The largest absolute Gasteiger partial charge is 0.493 e. The Morgan fingerprint density at radius 3 is 2.01 bits per heavy atom. The third-order valence-electron chi connectivity index (χ3n) is 12.8. The monoisotopic (exact) mass is 957 g/mol. The van der Waals surface area contributed by atoms with Gasteiger partial charge in [-0.2, -0.15) is 5.26 Å². The number of amides is 2. The number of unbranched alkanes of at least 4 members (excludes halogenated alkanes) is 2. The number of nitrogens with two attached hydrogens (primary N) is 3. The van der Waals surface area contributed by atoms with Gasteiger partial charge in [0.1, 0.15) is 17.5 Å². The van der Waals surface area contributed by atoms with Crippen molar-refractivity contribution in [2.24, 2.45) is 29.0 Å². The van der Waals surface area contributed by atoms with Crippen LogP contribution in [-0.4, -0.2) is 90.0 Å². The maximum atomic E-state index is 14.9. The van der Waals surface area contributed by atoms with Gasteiger partial charge in [-0.25, -0.2) is 9.97 Å². The van der Waals surface area contributed by atoms with Gasteiger partial charge in [0, 0.05) is 61.3 Å². The minimum atomic E-state index is -1.23. The third kappa shape index (κ3) is 14.1. The number of Topliss-reactive ketones (excluding diaryl/α,β-unsaturated/α-hetero) is 3. The van der Waals surface area contributed by atoms with E-state index in [0.29, 0.717) is 95.7 Å². The Labute approximate surface area is 413 Å². The van der Waals surface area contributed by atoms with Crippen LogP contribution in [0.5, 0.6) is 11.5 Å². The Bertz CT molecular complexity index is 2510. The molecule has 3 aromatic carbocycles. The van der Waals surface area contributed by atoms with Gasteiger partial charge in [0.2, 0.25) is 11.8 Å². The molecule has 15 heteroatoms. The maximum Gasteiger partial charge on any atom is 0.226 e. The van der Waals surface area contributed by atoms with Gasteiger partial charge >= 0.3 is 0 Å². The van der Waals surface area contributed by atoms with Gasteiger partial charge < -0.3 is 36.9 Å². The van der Waals surface area contributed by atoms with E-state index in [1.54, 1.807) is 32.9 Å². The SMILES string of the molecule is Cc1nc(-c2ccc(C(C)(C)C)cc2)nc(C)c1C(=O)C[C@@H](CCN)C(=O)N(C)[C@@H]1C(=O)C[C@@H](C)C(=O)N[C@H](C(=O)CCC#N)Cc2ccc(OCCCCN)c(c2)-c2cc1ccc2OCCCCN. The highest BCUT2D eigenvalue weighted by Gasteiger charge is 2.37. The van der Waals surface area contributed by atoms with Crippen molar-refractivity contribution in [3.63, 3.8) is 0 Å². The van der Waals surface area contributed by atoms with Gasteiger partial charge in [-0.3, -0.25) is 24.0 Å². The highest BCUT2D eigenvalue weighted by Crippen LogP contribution is 2.41. The van der Waals surface area contributed by atoms with Crippen LogP contribution in [0.4, 0.5) is 0 Å². The zero-order valence-corrected chi connectivity index (χ0v) is 42.1. The van der Waals surface area contributed by atoms with Gasteiger partial charge in [0.25, 0.3) is 0 Å². The molecule has 0 fully saturated rings. The molecule has 2 heterocycles. The lowest BCUT2D eigenvalue weighted by molar-refractivity contribution is -0.142. The molecule has 7 N–H and O–H groups in total. The van der Waals surface area contributed by atoms with Gasteiger partial charge in [0.05, 0.1) is 42.3 Å². The standard InChI is InChI=1S/C55H72N8O7/c1-34-29-47(66)51(63(7)54(68)40(22-26-59)33-46(65)50-35(2)60-52(61-36(50)3)38-15-18-41(19-16-38)55(4,5)6)39-17-21-49(70-28-11-9-24-57)43(32-39)42-30-37(14-20-48(42)69-27-10-8-23-56)31-44(62-53(34)67)45(64)13-12-25-58/h14-21,30,32,34,40,44,51H,8-13,22-24,26-29,31,33,56-57,59H2,1-7H3,(H,62,67)/t34-,40-,44+,51+/m1/s1. The van der Waals surface area contributed by atoms with Crippen molar-refractivity contribution in [1.29, 1.82) is 5.26 Å². The van der Waals surface area contributed by atoms with Crippen LogP contribution in [0, 0.1) is 37.0 Å². The number of aryl methyl sites for hydroxylation is 2. The van der Waals surface area contributed by atoms with Crippen LogP contribution >= 0.6 is 0 Å². The normalized spacial score (nSPS) is 16.6. The number of ketones is 3. The number of benzene rings is 3. The van der Waals surface area contributed by atoms with E-state index < -0.39 is 41.5 Å². The second-order valence-electron chi connectivity index (χ2n) is 19.4. The molecular formula is C55H72N8O7. The first-order valence-corrected chi connectivity index (χ1v) is 24.5. The first kappa shape index (κ1) is 54.6. The highest BCUT2D eigenvalue weighted by atomic mass is 16.5. The molecule has 0 radical (unpaired) electrons. The number of nitriles is 1. The fraction of sp³-hybridized carbons (Fsp3) is 0.491. The molecule has 4 aromatic rings. The Kier molecular flexibility index (Phi) is 19.9. The molecule has 1 aliphatic heterocycles. The first-order valence-electron chi connectivity index (χ1n) is 24.5. The second-order valence-corrected chi connectivity index (χ2v) is 19.4. The van der Waals surface area contributed by atoms with Crippen LogP contribution in [-0.2, 0) is 31.0 Å². The molecule has 374 valence electrons. The first-order chi connectivity index (χ1) is 33.4. The molecule has 1 aliphatic rings. The van der Waals surface area contributed by atoms with E-state index in [0.717, 1.165) is 18.4 Å². The van der Waals surface area contributed by atoms with E-state index in [9.17, 15) is 29.2 Å². The fourth-order valence-corrected chi connectivity index (χ4v) is 8.85. The summed E-state index contributed by atoms with van der Waals surface area (Å²) in [7, 11) is 1.53. The van der Waals surface area contributed by atoms with E-state index in [1.165, 1.54) is 17.5 Å². The number of fused-ring (bicyclic) bond motifs is 5. The minimum absolute atomic E-state index is 0.0251. The molecule has 4 atom stereocenters. The Hall–Kier alpha value is -6.34. The number of nitrogens with one attached hydrogen (secondary N) is 1. The summed E-state index contributed by atoms with van der Waals surface area (Å²) in [6.07, 6.45) is 2.52. The summed E-state index contributed by atoms with van der Waals surface area (Å²) in [6, 6.07) is 18.7. The summed E-state index contributed by atoms with van der Waals surface area (Å²) in [5.74, 6) is -2.46. The van der Waals surface area contributed by atoms with Crippen LogP contribution in [0.1, 0.15) is 130 Å². The van der Waals surface area contributed by atoms with Gasteiger partial charge in [-0.15, -0.1) is 0 Å². The molecule has 15 nitrogen and oxygen atoms in total. The molecule has 0 spiro atoms. The number of hydrogen-bond donors (Lipinski definition) is 4. The summed E-state index contributed by atoms with van der Waals surface area (Å²) in [5.41, 5.74) is 23.3. The van der Waals surface area contributed by atoms with Crippen molar-refractivity contribution in [1.82, 2.24) is 20.2 Å². The van der Waals surface area contributed by atoms with E-state index in [2.05, 4.69) is 26.1 Å². The molecule has 0 aliphatic carbocycles. The van der Waals surface area contributed by atoms with Gasteiger partial charge in [-0.1, -0.05) is 64.1 Å². The lowest BCUT2D eigenvalue weighted by Crippen LogP contribution is -2.46. The number of nitrogens with zero attached hydrogens (tertiary/aromatic N) is 4. The third-order valence-corrected chi connectivity index (χ3v) is 12.8. The van der Waals surface area contributed by atoms with Crippen LogP contribution in [0.3, 0.4) is 0 Å². The number of ether oxygens (including phenoxy) is 2. The van der Waals surface area contributed by atoms with Crippen LogP contribution in [0.25, 0.3) is 22.5 Å². The molecule has 2 amide bonds. The molecule has 0 saturated heterocycles. The Morgan fingerprint density at radius 1 is 0.843 bits per heavy atom. The Morgan fingerprint density at radius 2 is 1.44 bits per heavy atom. The van der Waals surface area contributed by atoms with Crippen LogP contribution in [0.2, 0.25) is 0 Å². The molecule has 70 heavy (non-hydrogen) atoms. The number of carbonyl (C=O) groups excluding carboxylic acids is 5. The Balaban J connectivity index is 1.59. The molecule has 4 bridgehead atoms. The lowest BCUT2D eigenvalue weighted by Gasteiger charge is -2.32. The predicted octanol–water partition coefficient (Wildman–Crippen LogP) is 7.21. The number of hydrogen-bond acceptors (Lipinski definition) is 13. The molecule has 0 saturated carbocycles. The van der Waals surface area contributed by atoms with Crippen molar-refractivity contribution in [3.05, 3.63) is 94.3 Å². The zero-order valence-electron chi connectivity index (χ0n) is 42.1.